The van der Waals surface area contributed by atoms with E-state index in [1.54, 1.807) is 0 Å². The Morgan fingerprint density at radius 3 is 2.88 bits per heavy atom. The van der Waals surface area contributed by atoms with Crippen molar-refractivity contribution in [2.75, 3.05) is 11.4 Å². The van der Waals surface area contributed by atoms with E-state index in [-0.39, 0.29) is 0 Å². The molecule has 17 heavy (non-hydrogen) atoms. The minimum Gasteiger partial charge on any atom is -0.387 e. The van der Waals surface area contributed by atoms with Crippen molar-refractivity contribution in [2.45, 2.75) is 44.8 Å². The highest BCUT2D eigenvalue weighted by atomic mass is 16.3. The fraction of sp³-hybridized carbons (Fsp3) is 0.643. The monoisotopic (exact) mass is 232 g/mol. The van der Waals surface area contributed by atoms with Gasteiger partial charge in [-0.25, -0.2) is 0 Å². The van der Waals surface area contributed by atoms with Gasteiger partial charge in [0.2, 0.25) is 0 Å². The van der Waals surface area contributed by atoms with Crippen molar-refractivity contribution < 1.29 is 5.11 Å². The summed E-state index contributed by atoms with van der Waals surface area (Å²) in [6.07, 6.45) is 6.33. The van der Waals surface area contributed by atoms with E-state index >= 15 is 0 Å². The van der Waals surface area contributed by atoms with Crippen LogP contribution in [-0.4, -0.2) is 22.7 Å². The van der Waals surface area contributed by atoms with Gasteiger partial charge in [-0.2, -0.15) is 0 Å². The van der Waals surface area contributed by atoms with Gasteiger partial charge in [0.15, 0.2) is 0 Å². The van der Waals surface area contributed by atoms with Crippen LogP contribution in [-0.2, 0) is 0 Å². The maximum absolute atomic E-state index is 9.71. The average Bonchev–Trinajstić information content (AvgIpc) is 3.00. The van der Waals surface area contributed by atoms with Crippen molar-refractivity contribution in [3.8, 4) is 0 Å². The van der Waals surface area contributed by atoms with Crippen LogP contribution in [0.4, 0.5) is 5.69 Å². The largest absolute Gasteiger partial charge is 0.387 e. The number of hydrogen-bond donors (Lipinski definition) is 1. The molecule has 1 saturated heterocycles. The quantitative estimate of drug-likeness (QED) is 0.870. The van der Waals surface area contributed by atoms with Gasteiger partial charge in [-0.05, 0) is 43.7 Å². The van der Waals surface area contributed by atoms with Crippen LogP contribution < -0.4 is 4.90 Å². The van der Waals surface area contributed by atoms with Gasteiger partial charge in [0.25, 0.3) is 0 Å². The van der Waals surface area contributed by atoms with Gasteiger partial charge in [0.1, 0.15) is 0 Å². The first kappa shape index (κ1) is 11.0. The molecular weight excluding hydrogens is 212 g/mol. The Bertz CT molecular complexity index is 390. The minimum atomic E-state index is -0.418. The Balaban J connectivity index is 1.76. The van der Waals surface area contributed by atoms with Crippen LogP contribution in [0.1, 0.15) is 44.4 Å². The molecule has 3 heteroatoms. The number of fused-ring (bicyclic) bond motifs is 2. The van der Waals surface area contributed by atoms with E-state index in [2.05, 4.69) is 16.0 Å². The third-order valence-corrected chi connectivity index (χ3v) is 4.24. The Hall–Kier alpha value is -1.09. The number of anilines is 1. The summed E-state index contributed by atoms with van der Waals surface area (Å²) < 4.78 is 0. The minimum absolute atomic E-state index is 0.418. The number of hydrogen-bond acceptors (Lipinski definition) is 3. The Morgan fingerprint density at radius 1 is 1.47 bits per heavy atom. The van der Waals surface area contributed by atoms with Gasteiger partial charge in [-0.15, -0.1) is 0 Å². The molecule has 0 spiro atoms. The summed E-state index contributed by atoms with van der Waals surface area (Å²) in [7, 11) is 0. The second kappa shape index (κ2) is 4.30. The van der Waals surface area contributed by atoms with Crippen molar-refractivity contribution in [1.82, 2.24) is 4.98 Å². The van der Waals surface area contributed by atoms with Gasteiger partial charge >= 0.3 is 0 Å². The number of aliphatic hydroxyl groups excluding tert-OH is 1. The normalized spacial score (nSPS) is 28.7. The maximum atomic E-state index is 9.71. The van der Waals surface area contributed by atoms with E-state index in [1.807, 2.05) is 19.2 Å². The van der Waals surface area contributed by atoms with Crippen molar-refractivity contribution in [3.05, 3.63) is 24.0 Å². The lowest BCUT2D eigenvalue weighted by Gasteiger charge is -2.29. The SMILES string of the molecule is CCC(O)c1ccc(N2CC3CCC2C3)cn1. The summed E-state index contributed by atoms with van der Waals surface area (Å²) in [5.74, 6) is 0.904. The topological polar surface area (TPSA) is 36.4 Å². The molecule has 3 nitrogen and oxygen atoms in total. The molecule has 1 aliphatic heterocycles. The third kappa shape index (κ3) is 1.93. The van der Waals surface area contributed by atoms with Crippen LogP contribution in [0.5, 0.6) is 0 Å². The molecule has 1 aliphatic carbocycles. The van der Waals surface area contributed by atoms with Crippen LogP contribution in [0.25, 0.3) is 0 Å². The van der Waals surface area contributed by atoms with Crippen molar-refractivity contribution >= 4 is 5.69 Å². The van der Waals surface area contributed by atoms with Crippen molar-refractivity contribution in [1.29, 1.82) is 0 Å². The number of rotatable bonds is 3. The summed E-state index contributed by atoms with van der Waals surface area (Å²) in [6.45, 7) is 3.17. The Labute approximate surface area is 102 Å². The summed E-state index contributed by atoms with van der Waals surface area (Å²) in [4.78, 5) is 6.88. The molecule has 1 N–H and O–H groups in total. The molecule has 2 heterocycles. The molecule has 3 unspecified atom stereocenters. The molecule has 0 amide bonds. The molecular formula is C14H20N2O. The van der Waals surface area contributed by atoms with Crippen LogP contribution >= 0.6 is 0 Å². The van der Waals surface area contributed by atoms with Gasteiger partial charge in [-0.3, -0.25) is 4.98 Å². The molecule has 3 atom stereocenters. The second-order valence-electron chi connectivity index (χ2n) is 5.35. The van der Waals surface area contributed by atoms with Crippen LogP contribution in [0.2, 0.25) is 0 Å². The first-order chi connectivity index (χ1) is 8.28. The van der Waals surface area contributed by atoms with Gasteiger partial charge in [-0.1, -0.05) is 6.92 Å². The molecule has 92 valence electrons. The summed E-state index contributed by atoms with van der Waals surface area (Å²) in [5.41, 5.74) is 2.02. The van der Waals surface area contributed by atoms with E-state index in [4.69, 9.17) is 0 Å². The fourth-order valence-electron chi connectivity index (χ4n) is 3.21. The van der Waals surface area contributed by atoms with E-state index in [9.17, 15) is 5.11 Å². The van der Waals surface area contributed by atoms with Crippen LogP contribution in [0, 0.1) is 5.92 Å². The summed E-state index contributed by atoms with van der Waals surface area (Å²) in [6, 6.07) is 4.82. The Kier molecular flexibility index (Phi) is 2.79. The zero-order valence-electron chi connectivity index (χ0n) is 10.3. The number of piperidine rings is 1. The van der Waals surface area contributed by atoms with Crippen molar-refractivity contribution in [3.63, 3.8) is 0 Å². The molecule has 2 aliphatic rings. The second-order valence-corrected chi connectivity index (χ2v) is 5.35. The van der Waals surface area contributed by atoms with Crippen LogP contribution in [0.3, 0.4) is 0 Å². The maximum Gasteiger partial charge on any atom is 0.0957 e. The van der Waals surface area contributed by atoms with Crippen LogP contribution in [0.15, 0.2) is 18.3 Å². The number of aliphatic hydroxyl groups is 1. The lowest BCUT2D eigenvalue weighted by molar-refractivity contribution is 0.169. The molecule has 2 fully saturated rings. The zero-order valence-corrected chi connectivity index (χ0v) is 10.3. The third-order valence-electron chi connectivity index (χ3n) is 4.24. The van der Waals surface area contributed by atoms with E-state index in [0.29, 0.717) is 0 Å². The lowest BCUT2D eigenvalue weighted by Crippen LogP contribution is -2.31. The molecule has 2 bridgehead atoms. The first-order valence-electron chi connectivity index (χ1n) is 6.68. The average molecular weight is 232 g/mol. The predicted molar refractivity (Wildman–Crippen MR) is 68.0 cm³/mol. The molecule has 1 aromatic heterocycles. The Morgan fingerprint density at radius 2 is 2.35 bits per heavy atom. The van der Waals surface area contributed by atoms with Crippen molar-refractivity contribution in [2.24, 2.45) is 5.92 Å². The number of aromatic nitrogens is 1. The lowest BCUT2D eigenvalue weighted by atomic mass is 10.1. The zero-order chi connectivity index (χ0) is 11.8. The smallest absolute Gasteiger partial charge is 0.0957 e. The number of pyridine rings is 1. The molecule has 3 rings (SSSR count). The molecule has 1 saturated carbocycles. The highest BCUT2D eigenvalue weighted by molar-refractivity contribution is 5.48. The molecule has 0 radical (unpaired) electrons. The van der Waals surface area contributed by atoms with Gasteiger partial charge in [0, 0.05) is 12.6 Å². The standard InChI is InChI=1S/C14H20N2O/c1-2-14(17)13-6-5-12(8-15-13)16-9-10-3-4-11(16)7-10/h5-6,8,10-11,14,17H,2-4,7,9H2,1H3. The fourth-order valence-corrected chi connectivity index (χ4v) is 3.21. The molecule has 0 aromatic carbocycles. The van der Waals surface area contributed by atoms with Gasteiger partial charge in [0.05, 0.1) is 23.7 Å². The van der Waals surface area contributed by atoms with Gasteiger partial charge < -0.3 is 10.0 Å². The van der Waals surface area contributed by atoms with E-state index in [1.165, 1.54) is 31.5 Å². The highest BCUT2D eigenvalue weighted by Gasteiger charge is 2.37. The summed E-state index contributed by atoms with van der Waals surface area (Å²) in [5, 5.41) is 9.71. The summed E-state index contributed by atoms with van der Waals surface area (Å²) >= 11 is 0. The number of nitrogens with zero attached hydrogens (tertiary/aromatic N) is 2. The van der Waals surface area contributed by atoms with E-state index in [0.717, 1.165) is 24.1 Å². The first-order valence-corrected chi connectivity index (χ1v) is 6.68. The predicted octanol–water partition coefficient (Wildman–Crippen LogP) is 2.51. The highest BCUT2D eigenvalue weighted by Crippen LogP contribution is 2.39. The van der Waals surface area contributed by atoms with E-state index < -0.39 is 6.10 Å². The molecule has 1 aromatic rings.